The zero-order chi connectivity index (χ0) is 10.7. The zero-order valence-electron chi connectivity index (χ0n) is 9.25. The van der Waals surface area contributed by atoms with Gasteiger partial charge in [0.1, 0.15) is 5.82 Å². The van der Waals surface area contributed by atoms with E-state index in [0.717, 1.165) is 43.6 Å². The molecule has 2 N–H and O–H groups in total. The predicted octanol–water partition coefficient (Wildman–Crippen LogP) is 0.236. The standard InChI is InChI=1S/C10H17N5/c1-8-7-9(11-2)14-10(13-8)15-5-3-12-4-6-15/h7,12H,3-6H2,1-2H3,(H,11,13,14). The van der Waals surface area contributed by atoms with E-state index >= 15 is 0 Å². The summed E-state index contributed by atoms with van der Waals surface area (Å²) in [5.41, 5.74) is 1.00. The second-order valence-corrected chi connectivity index (χ2v) is 3.68. The van der Waals surface area contributed by atoms with Crippen molar-refractivity contribution < 1.29 is 0 Å². The van der Waals surface area contributed by atoms with Crippen LogP contribution < -0.4 is 15.5 Å². The Bertz CT molecular complexity index is 333. The van der Waals surface area contributed by atoms with Crippen molar-refractivity contribution in [3.63, 3.8) is 0 Å². The first-order valence-corrected chi connectivity index (χ1v) is 5.28. The van der Waals surface area contributed by atoms with Crippen LogP contribution >= 0.6 is 0 Å². The maximum absolute atomic E-state index is 4.45. The number of aryl methyl sites for hydroxylation is 1. The fourth-order valence-electron chi connectivity index (χ4n) is 1.69. The van der Waals surface area contributed by atoms with Crippen molar-refractivity contribution in [1.82, 2.24) is 15.3 Å². The van der Waals surface area contributed by atoms with Gasteiger partial charge in [-0.1, -0.05) is 0 Å². The predicted molar refractivity (Wildman–Crippen MR) is 61.4 cm³/mol. The van der Waals surface area contributed by atoms with E-state index in [9.17, 15) is 0 Å². The van der Waals surface area contributed by atoms with Crippen LogP contribution in [0.4, 0.5) is 11.8 Å². The summed E-state index contributed by atoms with van der Waals surface area (Å²) in [6.07, 6.45) is 0. The van der Waals surface area contributed by atoms with E-state index in [0.29, 0.717) is 0 Å². The van der Waals surface area contributed by atoms with Gasteiger partial charge < -0.3 is 15.5 Å². The molecule has 1 aliphatic rings. The van der Waals surface area contributed by atoms with E-state index in [1.165, 1.54) is 0 Å². The molecular formula is C10H17N5. The van der Waals surface area contributed by atoms with Gasteiger partial charge in [-0.3, -0.25) is 0 Å². The Morgan fingerprint density at radius 3 is 2.73 bits per heavy atom. The third-order valence-corrected chi connectivity index (χ3v) is 2.50. The molecule has 0 bridgehead atoms. The van der Waals surface area contributed by atoms with Crippen molar-refractivity contribution in [3.8, 4) is 0 Å². The molecule has 0 saturated carbocycles. The minimum Gasteiger partial charge on any atom is -0.373 e. The van der Waals surface area contributed by atoms with E-state index in [2.05, 4.69) is 25.5 Å². The van der Waals surface area contributed by atoms with Crippen molar-refractivity contribution >= 4 is 11.8 Å². The summed E-state index contributed by atoms with van der Waals surface area (Å²) in [5, 5.41) is 6.37. The van der Waals surface area contributed by atoms with Crippen LogP contribution in [0.5, 0.6) is 0 Å². The van der Waals surface area contributed by atoms with Crippen molar-refractivity contribution in [1.29, 1.82) is 0 Å². The van der Waals surface area contributed by atoms with Crippen LogP contribution in [0.25, 0.3) is 0 Å². The van der Waals surface area contributed by atoms with Gasteiger partial charge in [0.25, 0.3) is 0 Å². The molecule has 0 radical (unpaired) electrons. The highest BCUT2D eigenvalue weighted by atomic mass is 15.3. The number of hydrogen-bond donors (Lipinski definition) is 2. The molecule has 0 aromatic carbocycles. The average Bonchev–Trinajstić information content (AvgIpc) is 2.29. The van der Waals surface area contributed by atoms with Gasteiger partial charge in [-0.15, -0.1) is 0 Å². The molecule has 2 rings (SSSR count). The van der Waals surface area contributed by atoms with Crippen LogP contribution in [0.2, 0.25) is 0 Å². The summed E-state index contributed by atoms with van der Waals surface area (Å²) in [6, 6.07) is 1.95. The lowest BCUT2D eigenvalue weighted by atomic mass is 10.3. The first kappa shape index (κ1) is 10.2. The summed E-state index contributed by atoms with van der Waals surface area (Å²) in [6.45, 7) is 5.96. The number of hydrogen-bond acceptors (Lipinski definition) is 5. The Balaban J connectivity index is 2.22. The molecule has 1 saturated heterocycles. The third kappa shape index (κ3) is 2.36. The molecule has 1 aromatic heterocycles. The van der Waals surface area contributed by atoms with Gasteiger partial charge in [0, 0.05) is 45.0 Å². The first-order chi connectivity index (χ1) is 7.29. The zero-order valence-corrected chi connectivity index (χ0v) is 9.25. The molecule has 5 heteroatoms. The molecule has 2 heterocycles. The van der Waals surface area contributed by atoms with Gasteiger partial charge >= 0.3 is 0 Å². The highest BCUT2D eigenvalue weighted by Gasteiger charge is 2.13. The second-order valence-electron chi connectivity index (χ2n) is 3.68. The van der Waals surface area contributed by atoms with Gasteiger partial charge in [-0.25, -0.2) is 4.98 Å². The molecule has 0 atom stereocenters. The topological polar surface area (TPSA) is 53.1 Å². The Labute approximate surface area is 89.9 Å². The molecule has 82 valence electrons. The average molecular weight is 207 g/mol. The molecule has 0 amide bonds. The summed E-state index contributed by atoms with van der Waals surface area (Å²) in [7, 11) is 1.88. The smallest absolute Gasteiger partial charge is 0.227 e. The van der Waals surface area contributed by atoms with Crippen molar-refractivity contribution in [2.75, 3.05) is 43.4 Å². The lowest BCUT2D eigenvalue weighted by Crippen LogP contribution is -2.44. The lowest BCUT2D eigenvalue weighted by Gasteiger charge is -2.27. The maximum atomic E-state index is 4.45. The van der Waals surface area contributed by atoms with Crippen LogP contribution in [0.15, 0.2) is 6.07 Å². The molecule has 0 spiro atoms. The number of nitrogens with zero attached hydrogens (tertiary/aromatic N) is 3. The Morgan fingerprint density at radius 1 is 1.33 bits per heavy atom. The number of piperazine rings is 1. The second kappa shape index (κ2) is 4.44. The Hall–Kier alpha value is -1.36. The largest absolute Gasteiger partial charge is 0.373 e. The maximum Gasteiger partial charge on any atom is 0.227 e. The molecule has 1 aliphatic heterocycles. The van der Waals surface area contributed by atoms with Crippen LogP contribution in [0, 0.1) is 6.92 Å². The summed E-state index contributed by atoms with van der Waals surface area (Å²) < 4.78 is 0. The Morgan fingerprint density at radius 2 is 2.07 bits per heavy atom. The lowest BCUT2D eigenvalue weighted by molar-refractivity contribution is 0.579. The molecule has 15 heavy (non-hydrogen) atoms. The summed E-state index contributed by atoms with van der Waals surface area (Å²) in [4.78, 5) is 11.1. The number of rotatable bonds is 2. The first-order valence-electron chi connectivity index (χ1n) is 5.28. The van der Waals surface area contributed by atoms with Crippen LogP contribution in [-0.2, 0) is 0 Å². The summed E-state index contributed by atoms with van der Waals surface area (Å²) in [5.74, 6) is 1.72. The highest BCUT2D eigenvalue weighted by Crippen LogP contribution is 2.13. The molecule has 1 aromatic rings. The minimum atomic E-state index is 0.834. The number of anilines is 2. The quantitative estimate of drug-likeness (QED) is 0.727. The number of nitrogens with one attached hydrogen (secondary N) is 2. The van der Waals surface area contributed by atoms with E-state index in [1.807, 2.05) is 20.0 Å². The van der Waals surface area contributed by atoms with Crippen molar-refractivity contribution in [2.45, 2.75) is 6.92 Å². The van der Waals surface area contributed by atoms with E-state index < -0.39 is 0 Å². The van der Waals surface area contributed by atoms with Gasteiger partial charge in [-0.2, -0.15) is 4.98 Å². The highest BCUT2D eigenvalue weighted by molar-refractivity contribution is 5.43. The Kier molecular flexibility index (Phi) is 3.01. The molecule has 0 unspecified atom stereocenters. The van der Waals surface area contributed by atoms with Crippen LogP contribution in [0.1, 0.15) is 5.69 Å². The molecule has 5 nitrogen and oxygen atoms in total. The van der Waals surface area contributed by atoms with Crippen LogP contribution in [-0.4, -0.2) is 43.2 Å². The van der Waals surface area contributed by atoms with Gasteiger partial charge in [0.05, 0.1) is 0 Å². The van der Waals surface area contributed by atoms with Crippen molar-refractivity contribution in [2.24, 2.45) is 0 Å². The normalized spacial score (nSPS) is 16.5. The fraction of sp³-hybridized carbons (Fsp3) is 0.600. The van der Waals surface area contributed by atoms with E-state index in [4.69, 9.17) is 0 Å². The van der Waals surface area contributed by atoms with Crippen LogP contribution in [0.3, 0.4) is 0 Å². The summed E-state index contributed by atoms with van der Waals surface area (Å²) >= 11 is 0. The monoisotopic (exact) mass is 207 g/mol. The fourth-order valence-corrected chi connectivity index (χ4v) is 1.69. The molecule has 1 fully saturated rings. The van der Waals surface area contributed by atoms with Crippen molar-refractivity contribution in [3.05, 3.63) is 11.8 Å². The van der Waals surface area contributed by atoms with E-state index in [1.54, 1.807) is 0 Å². The van der Waals surface area contributed by atoms with E-state index in [-0.39, 0.29) is 0 Å². The SMILES string of the molecule is CNc1cc(C)nc(N2CCNCC2)n1. The number of aromatic nitrogens is 2. The third-order valence-electron chi connectivity index (χ3n) is 2.50. The van der Waals surface area contributed by atoms with Gasteiger partial charge in [-0.05, 0) is 6.92 Å². The molecule has 0 aliphatic carbocycles. The minimum absolute atomic E-state index is 0.834. The molecular weight excluding hydrogens is 190 g/mol. The van der Waals surface area contributed by atoms with Gasteiger partial charge in [0.15, 0.2) is 0 Å². The van der Waals surface area contributed by atoms with Gasteiger partial charge in [0.2, 0.25) is 5.95 Å².